The number of methoxy groups -OCH3 is 1. The number of ether oxygens (including phenoxy) is 2. The van der Waals surface area contributed by atoms with Crippen molar-refractivity contribution < 1.29 is 14.3 Å². The molecule has 1 aliphatic heterocycles. The van der Waals surface area contributed by atoms with Crippen LogP contribution in [-0.4, -0.2) is 37.3 Å². The summed E-state index contributed by atoms with van der Waals surface area (Å²) in [7, 11) is 1.67. The van der Waals surface area contributed by atoms with Crippen LogP contribution in [0.1, 0.15) is 23.5 Å². The fraction of sp³-hybridized carbons (Fsp3) is 0.350. The normalized spacial score (nSPS) is 20.1. The molecule has 0 radical (unpaired) electrons. The molecule has 1 amide bonds. The van der Waals surface area contributed by atoms with Crippen LogP contribution in [0.25, 0.3) is 0 Å². The van der Waals surface area contributed by atoms with E-state index in [9.17, 15) is 4.79 Å². The van der Waals surface area contributed by atoms with E-state index in [2.05, 4.69) is 12.1 Å². The summed E-state index contributed by atoms with van der Waals surface area (Å²) in [6.07, 6.45) is 0.637. The maximum atomic E-state index is 12.5. The highest BCUT2D eigenvalue weighted by Crippen LogP contribution is 2.32. The van der Waals surface area contributed by atoms with Crippen LogP contribution >= 0.6 is 0 Å². The number of rotatable bonds is 5. The van der Waals surface area contributed by atoms with Gasteiger partial charge >= 0.3 is 6.09 Å². The maximum absolute atomic E-state index is 12.5. The first-order valence-corrected chi connectivity index (χ1v) is 8.29. The van der Waals surface area contributed by atoms with Gasteiger partial charge in [0, 0.05) is 19.6 Å². The smallest absolute Gasteiger partial charge is 0.410 e. The van der Waals surface area contributed by atoms with Gasteiger partial charge in [-0.2, -0.15) is 0 Å². The Labute approximate surface area is 143 Å². The number of carbonyl (C=O) groups is 1. The molecule has 1 fully saturated rings. The number of likely N-dealkylation sites (tertiary alicyclic amines) is 1. The van der Waals surface area contributed by atoms with Crippen LogP contribution < -0.4 is 0 Å². The van der Waals surface area contributed by atoms with E-state index in [0.717, 1.165) is 12.0 Å². The van der Waals surface area contributed by atoms with Crippen molar-refractivity contribution in [2.24, 2.45) is 0 Å². The number of nitrogens with zero attached hydrogens (tertiary/aromatic N) is 1. The lowest BCUT2D eigenvalue weighted by molar-refractivity contribution is 0.0700. The molecule has 2 aromatic rings. The molecular weight excluding hydrogens is 302 g/mol. The summed E-state index contributed by atoms with van der Waals surface area (Å²) in [6, 6.07) is 20.1. The summed E-state index contributed by atoms with van der Waals surface area (Å²) < 4.78 is 10.8. The van der Waals surface area contributed by atoms with E-state index >= 15 is 0 Å². The van der Waals surface area contributed by atoms with Crippen molar-refractivity contribution in [1.29, 1.82) is 0 Å². The van der Waals surface area contributed by atoms with E-state index in [0.29, 0.717) is 25.7 Å². The van der Waals surface area contributed by atoms with Gasteiger partial charge in [0.2, 0.25) is 0 Å². The van der Waals surface area contributed by atoms with E-state index in [1.807, 2.05) is 53.4 Å². The number of amides is 1. The van der Waals surface area contributed by atoms with Gasteiger partial charge in [-0.25, -0.2) is 4.79 Å². The molecule has 1 aliphatic rings. The maximum Gasteiger partial charge on any atom is 0.410 e. The second kappa shape index (κ2) is 7.97. The van der Waals surface area contributed by atoms with E-state index in [1.54, 1.807) is 7.11 Å². The van der Waals surface area contributed by atoms with Gasteiger partial charge in [-0.3, -0.25) is 0 Å². The van der Waals surface area contributed by atoms with Crippen molar-refractivity contribution in [3.8, 4) is 0 Å². The lowest BCUT2D eigenvalue weighted by Gasteiger charge is -2.23. The Balaban J connectivity index is 1.64. The second-order valence-electron chi connectivity index (χ2n) is 6.15. The SMILES string of the molecule is COCC1CC(c2ccccc2)CN1C(=O)OCc1ccccc1. The Morgan fingerprint density at radius 2 is 1.75 bits per heavy atom. The first-order chi connectivity index (χ1) is 11.8. The predicted octanol–water partition coefficient (Wildman–Crippen LogP) is 3.83. The molecule has 0 aromatic heterocycles. The van der Waals surface area contributed by atoms with Crippen LogP contribution in [0.2, 0.25) is 0 Å². The average molecular weight is 325 g/mol. The average Bonchev–Trinajstić information content (AvgIpc) is 3.06. The van der Waals surface area contributed by atoms with Gasteiger partial charge in [0.1, 0.15) is 6.61 Å². The Morgan fingerprint density at radius 3 is 2.42 bits per heavy atom. The van der Waals surface area contributed by atoms with Gasteiger partial charge in [-0.05, 0) is 17.5 Å². The lowest BCUT2D eigenvalue weighted by Crippen LogP contribution is -2.38. The fourth-order valence-electron chi connectivity index (χ4n) is 3.26. The van der Waals surface area contributed by atoms with Crippen molar-refractivity contribution >= 4 is 6.09 Å². The third kappa shape index (κ3) is 3.95. The van der Waals surface area contributed by atoms with Gasteiger partial charge < -0.3 is 14.4 Å². The van der Waals surface area contributed by atoms with Crippen molar-refractivity contribution in [2.45, 2.75) is 25.0 Å². The predicted molar refractivity (Wildman–Crippen MR) is 92.8 cm³/mol. The van der Waals surface area contributed by atoms with Crippen molar-refractivity contribution in [2.75, 3.05) is 20.3 Å². The molecule has 1 heterocycles. The topological polar surface area (TPSA) is 38.8 Å². The molecule has 4 heteroatoms. The summed E-state index contributed by atoms with van der Waals surface area (Å²) in [5.41, 5.74) is 2.25. The van der Waals surface area contributed by atoms with E-state index in [4.69, 9.17) is 9.47 Å². The van der Waals surface area contributed by atoms with Gasteiger partial charge in [0.05, 0.1) is 12.6 Å². The summed E-state index contributed by atoms with van der Waals surface area (Å²) in [4.78, 5) is 14.3. The lowest BCUT2D eigenvalue weighted by atomic mass is 9.97. The molecule has 0 spiro atoms. The minimum atomic E-state index is -0.265. The number of hydrogen-bond acceptors (Lipinski definition) is 3. The number of hydrogen-bond donors (Lipinski definition) is 0. The summed E-state index contributed by atoms with van der Waals surface area (Å²) in [5.74, 6) is 0.329. The van der Waals surface area contributed by atoms with E-state index < -0.39 is 0 Å². The molecule has 0 bridgehead atoms. The Bertz CT molecular complexity index is 644. The summed E-state index contributed by atoms with van der Waals surface area (Å²) in [6.45, 7) is 1.50. The minimum Gasteiger partial charge on any atom is -0.445 e. The minimum absolute atomic E-state index is 0.0588. The first kappa shape index (κ1) is 16.5. The van der Waals surface area contributed by atoms with Crippen LogP contribution in [-0.2, 0) is 16.1 Å². The van der Waals surface area contributed by atoms with Crippen molar-refractivity contribution in [1.82, 2.24) is 4.90 Å². The van der Waals surface area contributed by atoms with Crippen LogP contribution in [0.15, 0.2) is 60.7 Å². The molecule has 2 unspecified atom stereocenters. The third-order valence-corrected chi connectivity index (χ3v) is 4.48. The zero-order valence-corrected chi connectivity index (χ0v) is 13.9. The molecule has 126 valence electrons. The largest absolute Gasteiger partial charge is 0.445 e. The van der Waals surface area contributed by atoms with Crippen LogP contribution in [0.5, 0.6) is 0 Å². The fourth-order valence-corrected chi connectivity index (χ4v) is 3.26. The number of carbonyl (C=O) groups excluding carboxylic acids is 1. The first-order valence-electron chi connectivity index (χ1n) is 8.29. The highest BCUT2D eigenvalue weighted by molar-refractivity contribution is 5.68. The van der Waals surface area contributed by atoms with E-state index in [-0.39, 0.29) is 12.1 Å². The molecule has 0 saturated carbocycles. The van der Waals surface area contributed by atoms with Gasteiger partial charge in [-0.1, -0.05) is 60.7 Å². The van der Waals surface area contributed by atoms with Crippen molar-refractivity contribution in [3.05, 3.63) is 71.8 Å². The molecule has 2 atom stereocenters. The monoisotopic (exact) mass is 325 g/mol. The van der Waals surface area contributed by atoms with Gasteiger partial charge in [0.25, 0.3) is 0 Å². The molecule has 24 heavy (non-hydrogen) atoms. The zero-order chi connectivity index (χ0) is 16.8. The quantitative estimate of drug-likeness (QED) is 0.839. The van der Waals surface area contributed by atoms with Crippen LogP contribution in [0, 0.1) is 0 Å². The molecule has 4 nitrogen and oxygen atoms in total. The molecule has 0 aliphatic carbocycles. The Morgan fingerprint density at radius 1 is 1.08 bits per heavy atom. The molecule has 1 saturated heterocycles. The molecule has 3 rings (SSSR count). The summed E-state index contributed by atoms with van der Waals surface area (Å²) >= 11 is 0. The second-order valence-corrected chi connectivity index (χ2v) is 6.15. The molecular formula is C20H23NO3. The van der Waals surface area contributed by atoms with E-state index in [1.165, 1.54) is 5.56 Å². The Hall–Kier alpha value is -2.33. The van der Waals surface area contributed by atoms with Gasteiger partial charge in [-0.15, -0.1) is 0 Å². The van der Waals surface area contributed by atoms with Crippen LogP contribution in [0.3, 0.4) is 0 Å². The van der Waals surface area contributed by atoms with Crippen LogP contribution in [0.4, 0.5) is 4.79 Å². The van der Waals surface area contributed by atoms with Crippen molar-refractivity contribution in [3.63, 3.8) is 0 Å². The molecule has 2 aromatic carbocycles. The number of benzene rings is 2. The standard InChI is InChI=1S/C20H23NO3/c1-23-15-19-12-18(17-10-6-3-7-11-17)13-21(19)20(22)24-14-16-8-4-2-5-9-16/h2-11,18-19H,12-15H2,1H3. The third-order valence-electron chi connectivity index (χ3n) is 4.48. The Kier molecular flexibility index (Phi) is 5.49. The highest BCUT2D eigenvalue weighted by Gasteiger charge is 2.36. The van der Waals surface area contributed by atoms with Gasteiger partial charge in [0.15, 0.2) is 0 Å². The summed E-state index contributed by atoms with van der Waals surface area (Å²) in [5, 5.41) is 0. The molecule has 0 N–H and O–H groups in total. The zero-order valence-electron chi connectivity index (χ0n) is 13.9. The highest BCUT2D eigenvalue weighted by atomic mass is 16.6.